The molecule has 0 aromatic rings. The van der Waals surface area contributed by atoms with Crippen molar-refractivity contribution in [3.05, 3.63) is 0 Å². The molecule has 5 unspecified atom stereocenters. The quantitative estimate of drug-likeness (QED) is 0.636. The first-order valence-corrected chi connectivity index (χ1v) is 11.0. The van der Waals surface area contributed by atoms with Gasteiger partial charge in [-0.2, -0.15) is 0 Å². The highest BCUT2D eigenvalue weighted by molar-refractivity contribution is 5.89. The van der Waals surface area contributed by atoms with Crippen molar-refractivity contribution in [1.29, 1.82) is 0 Å². The van der Waals surface area contributed by atoms with Crippen molar-refractivity contribution in [1.82, 2.24) is 25.8 Å². The SMILES string of the molecule is CC1CC(NC(=O)CC2(C(=O)NC3CCN(C)C(C)C3)CCNC2)CCN1C. The first kappa shape index (κ1) is 21.5. The molecule has 0 aliphatic carbocycles. The first-order chi connectivity index (χ1) is 13.3. The molecule has 0 saturated carbocycles. The lowest BCUT2D eigenvalue weighted by molar-refractivity contribution is -0.136. The molecule has 28 heavy (non-hydrogen) atoms. The molecule has 3 aliphatic heterocycles. The van der Waals surface area contributed by atoms with E-state index in [0.29, 0.717) is 18.6 Å². The number of nitrogens with one attached hydrogen (secondary N) is 3. The zero-order valence-corrected chi connectivity index (χ0v) is 18.1. The highest BCUT2D eigenvalue weighted by Crippen LogP contribution is 2.31. The number of piperidine rings is 2. The summed E-state index contributed by atoms with van der Waals surface area (Å²) >= 11 is 0. The van der Waals surface area contributed by atoms with E-state index in [2.05, 4.69) is 53.7 Å². The third-order valence-electron chi connectivity index (χ3n) is 7.34. The van der Waals surface area contributed by atoms with Crippen LogP contribution in [0.5, 0.6) is 0 Å². The number of hydrogen-bond donors (Lipinski definition) is 3. The molecule has 3 saturated heterocycles. The lowest BCUT2D eigenvalue weighted by Gasteiger charge is -2.38. The molecule has 7 nitrogen and oxygen atoms in total. The summed E-state index contributed by atoms with van der Waals surface area (Å²) in [6.07, 6.45) is 4.94. The van der Waals surface area contributed by atoms with Crippen LogP contribution in [0.3, 0.4) is 0 Å². The summed E-state index contributed by atoms with van der Waals surface area (Å²) in [4.78, 5) is 30.7. The van der Waals surface area contributed by atoms with Crippen molar-refractivity contribution in [2.24, 2.45) is 5.41 Å². The Balaban J connectivity index is 1.55. The van der Waals surface area contributed by atoms with E-state index in [4.69, 9.17) is 0 Å². The number of amides is 2. The number of carbonyl (C=O) groups excluding carboxylic acids is 2. The molecule has 0 aromatic heterocycles. The average molecular weight is 394 g/mol. The molecule has 3 aliphatic rings. The second kappa shape index (κ2) is 9.09. The van der Waals surface area contributed by atoms with Crippen LogP contribution in [0.25, 0.3) is 0 Å². The van der Waals surface area contributed by atoms with Crippen LogP contribution in [-0.2, 0) is 9.59 Å². The van der Waals surface area contributed by atoms with E-state index >= 15 is 0 Å². The van der Waals surface area contributed by atoms with Gasteiger partial charge in [0.15, 0.2) is 0 Å². The van der Waals surface area contributed by atoms with Crippen molar-refractivity contribution in [2.75, 3.05) is 40.3 Å². The Kier molecular flexibility index (Phi) is 6.99. The summed E-state index contributed by atoms with van der Waals surface area (Å²) in [6, 6.07) is 1.40. The van der Waals surface area contributed by atoms with Crippen LogP contribution in [0.1, 0.15) is 52.4 Å². The van der Waals surface area contributed by atoms with Gasteiger partial charge in [-0.1, -0.05) is 0 Å². The third kappa shape index (κ3) is 5.05. The molecule has 5 atom stereocenters. The fourth-order valence-corrected chi connectivity index (χ4v) is 4.93. The average Bonchev–Trinajstić information content (AvgIpc) is 3.11. The molecule has 0 bridgehead atoms. The molecular weight excluding hydrogens is 354 g/mol. The Hall–Kier alpha value is -1.18. The van der Waals surface area contributed by atoms with Crippen molar-refractivity contribution >= 4 is 11.8 Å². The van der Waals surface area contributed by atoms with Gasteiger partial charge >= 0.3 is 0 Å². The van der Waals surface area contributed by atoms with Gasteiger partial charge in [0.2, 0.25) is 11.8 Å². The van der Waals surface area contributed by atoms with Crippen LogP contribution in [-0.4, -0.2) is 86.1 Å². The monoisotopic (exact) mass is 393 g/mol. The number of likely N-dealkylation sites (tertiary alicyclic amines) is 2. The van der Waals surface area contributed by atoms with Gasteiger partial charge in [-0.25, -0.2) is 0 Å². The second-order valence-electron chi connectivity index (χ2n) is 9.53. The van der Waals surface area contributed by atoms with Gasteiger partial charge in [0.1, 0.15) is 0 Å². The van der Waals surface area contributed by atoms with E-state index in [1.54, 1.807) is 0 Å². The van der Waals surface area contributed by atoms with E-state index in [1.165, 1.54) is 0 Å². The molecular formula is C21H39N5O2. The van der Waals surface area contributed by atoms with E-state index in [9.17, 15) is 9.59 Å². The zero-order valence-electron chi connectivity index (χ0n) is 18.1. The molecule has 3 N–H and O–H groups in total. The Bertz CT molecular complexity index is 563. The zero-order chi connectivity index (χ0) is 20.3. The fraction of sp³-hybridized carbons (Fsp3) is 0.905. The fourth-order valence-electron chi connectivity index (χ4n) is 4.93. The predicted octanol–water partition coefficient (Wildman–Crippen LogP) is 0.554. The molecule has 3 fully saturated rings. The van der Waals surface area contributed by atoms with Crippen LogP contribution in [0.4, 0.5) is 0 Å². The van der Waals surface area contributed by atoms with E-state index < -0.39 is 5.41 Å². The maximum atomic E-state index is 13.2. The van der Waals surface area contributed by atoms with Gasteiger partial charge in [-0.3, -0.25) is 9.59 Å². The maximum absolute atomic E-state index is 13.2. The highest BCUT2D eigenvalue weighted by atomic mass is 16.2. The summed E-state index contributed by atoms with van der Waals surface area (Å²) in [5.74, 6) is 0.0866. The van der Waals surface area contributed by atoms with Crippen molar-refractivity contribution < 1.29 is 9.59 Å². The molecule has 160 valence electrons. The largest absolute Gasteiger partial charge is 0.353 e. The summed E-state index contributed by atoms with van der Waals surface area (Å²) in [5.41, 5.74) is -0.603. The summed E-state index contributed by atoms with van der Waals surface area (Å²) in [7, 11) is 4.27. The minimum Gasteiger partial charge on any atom is -0.353 e. The van der Waals surface area contributed by atoms with Crippen LogP contribution in [0.15, 0.2) is 0 Å². The van der Waals surface area contributed by atoms with Crippen LogP contribution < -0.4 is 16.0 Å². The number of hydrogen-bond acceptors (Lipinski definition) is 5. The molecule has 2 amide bonds. The van der Waals surface area contributed by atoms with Gasteiger partial charge in [-0.15, -0.1) is 0 Å². The summed E-state index contributed by atoms with van der Waals surface area (Å²) in [5, 5.41) is 9.81. The molecule has 3 heterocycles. The minimum atomic E-state index is -0.603. The van der Waals surface area contributed by atoms with Crippen molar-refractivity contribution in [3.63, 3.8) is 0 Å². The molecule has 3 rings (SSSR count). The van der Waals surface area contributed by atoms with Gasteiger partial charge in [0.05, 0.1) is 5.41 Å². The Morgan fingerprint density at radius 2 is 1.57 bits per heavy atom. The van der Waals surface area contributed by atoms with E-state index in [0.717, 1.165) is 51.7 Å². The Labute approximate surface area is 170 Å². The van der Waals surface area contributed by atoms with Gasteiger partial charge in [0.25, 0.3) is 0 Å². The minimum absolute atomic E-state index is 0.0253. The van der Waals surface area contributed by atoms with Crippen molar-refractivity contribution in [2.45, 2.75) is 76.5 Å². The van der Waals surface area contributed by atoms with Gasteiger partial charge in [0, 0.05) is 50.2 Å². The Morgan fingerprint density at radius 1 is 1.00 bits per heavy atom. The topological polar surface area (TPSA) is 76.7 Å². The van der Waals surface area contributed by atoms with Gasteiger partial charge < -0.3 is 25.8 Å². The normalized spacial score (nSPS) is 37.6. The second-order valence-corrected chi connectivity index (χ2v) is 9.53. The van der Waals surface area contributed by atoms with Crippen LogP contribution in [0, 0.1) is 5.41 Å². The molecule has 0 spiro atoms. The summed E-state index contributed by atoms with van der Waals surface area (Å²) < 4.78 is 0. The number of carbonyl (C=O) groups is 2. The van der Waals surface area contributed by atoms with E-state index in [1.807, 2.05) is 0 Å². The number of nitrogens with zero attached hydrogens (tertiary/aromatic N) is 2. The van der Waals surface area contributed by atoms with Gasteiger partial charge in [-0.05, 0) is 66.6 Å². The standard InChI is InChI=1S/C21H39N5O2/c1-15-11-17(5-9-25(15)3)23-19(27)13-21(7-8-22-14-21)20(28)24-18-6-10-26(4)16(2)12-18/h15-18,22H,5-14H2,1-4H3,(H,23,27)(H,24,28). The lowest BCUT2D eigenvalue weighted by atomic mass is 9.81. The number of rotatable bonds is 5. The highest BCUT2D eigenvalue weighted by Gasteiger charge is 2.44. The third-order valence-corrected chi connectivity index (χ3v) is 7.34. The maximum Gasteiger partial charge on any atom is 0.228 e. The smallest absolute Gasteiger partial charge is 0.228 e. The predicted molar refractivity (Wildman–Crippen MR) is 111 cm³/mol. The van der Waals surface area contributed by atoms with E-state index in [-0.39, 0.29) is 30.3 Å². The first-order valence-electron chi connectivity index (χ1n) is 11.0. The summed E-state index contributed by atoms with van der Waals surface area (Å²) in [6.45, 7) is 7.83. The molecule has 7 heteroatoms. The van der Waals surface area contributed by atoms with Crippen LogP contribution in [0.2, 0.25) is 0 Å². The molecule has 0 aromatic carbocycles. The Morgan fingerprint density at radius 3 is 2.07 bits per heavy atom. The molecule has 0 radical (unpaired) electrons. The van der Waals surface area contributed by atoms with Crippen molar-refractivity contribution in [3.8, 4) is 0 Å². The van der Waals surface area contributed by atoms with Crippen LogP contribution >= 0.6 is 0 Å². The lowest BCUT2D eigenvalue weighted by Crippen LogP contribution is -2.53.